The minimum Gasteiger partial charge on any atom is -0.444 e. The summed E-state index contributed by atoms with van der Waals surface area (Å²) in [6.07, 6.45) is 0. The van der Waals surface area contributed by atoms with Crippen molar-refractivity contribution in [1.29, 1.82) is 0 Å². The van der Waals surface area contributed by atoms with E-state index in [0.717, 1.165) is 5.56 Å². The van der Waals surface area contributed by atoms with Gasteiger partial charge in [-0.2, -0.15) is 5.10 Å². The molecule has 1 aromatic heterocycles. The maximum Gasteiger partial charge on any atom is 0.307 e. The topological polar surface area (TPSA) is 83.7 Å². The van der Waals surface area contributed by atoms with Crippen LogP contribution in [0.4, 0.5) is 5.69 Å². The van der Waals surface area contributed by atoms with Crippen molar-refractivity contribution in [3.8, 4) is 0 Å². The molecule has 1 heterocycles. The van der Waals surface area contributed by atoms with Gasteiger partial charge >= 0.3 is 5.91 Å². The Hall–Kier alpha value is -2.90. The average Bonchev–Trinajstić information content (AvgIpc) is 3.13. The summed E-state index contributed by atoms with van der Waals surface area (Å²) in [5.74, 6) is -0.521. The summed E-state index contributed by atoms with van der Waals surface area (Å²) in [6, 6.07) is 16.9. The third kappa shape index (κ3) is 5.09. The molecule has 0 unspecified atom stereocenters. The van der Waals surface area contributed by atoms with Gasteiger partial charge in [-0.3, -0.25) is 9.59 Å². The van der Waals surface area contributed by atoms with Crippen molar-refractivity contribution in [2.24, 2.45) is 5.10 Å². The van der Waals surface area contributed by atoms with Gasteiger partial charge in [0.2, 0.25) is 0 Å². The highest BCUT2D eigenvalue weighted by molar-refractivity contribution is 9.10. The molecule has 0 aliphatic rings. The van der Waals surface area contributed by atoms with Gasteiger partial charge in [0.05, 0.1) is 5.71 Å². The number of benzene rings is 2. The Morgan fingerprint density at radius 1 is 0.929 bits per heavy atom. The minimum atomic E-state index is -0.447. The standard InChI is InChI=1S/C20H15BrClN3O3/c1-12(24-25-20(27)17-10-11-18(21)28-17)13-4-8-16(9-5-13)23-19(26)14-2-6-15(22)7-3-14/h2-11H,1H3,(H,23,26)(H,25,27)/b24-12-. The third-order valence-corrected chi connectivity index (χ3v) is 4.47. The van der Waals surface area contributed by atoms with Gasteiger partial charge in [-0.1, -0.05) is 23.7 Å². The average molecular weight is 461 g/mol. The van der Waals surface area contributed by atoms with Gasteiger partial charge < -0.3 is 9.73 Å². The van der Waals surface area contributed by atoms with E-state index in [0.29, 0.717) is 26.7 Å². The first-order valence-electron chi connectivity index (χ1n) is 8.20. The zero-order valence-electron chi connectivity index (χ0n) is 14.7. The van der Waals surface area contributed by atoms with E-state index in [9.17, 15) is 9.59 Å². The van der Waals surface area contributed by atoms with Gasteiger partial charge in [0.25, 0.3) is 5.91 Å². The van der Waals surface area contributed by atoms with Crippen molar-refractivity contribution in [3.05, 3.63) is 87.2 Å². The van der Waals surface area contributed by atoms with Crippen LogP contribution in [-0.2, 0) is 0 Å². The molecule has 0 fully saturated rings. The molecule has 6 nitrogen and oxygen atoms in total. The van der Waals surface area contributed by atoms with Gasteiger partial charge in [0.15, 0.2) is 10.4 Å². The van der Waals surface area contributed by atoms with Crippen LogP contribution >= 0.6 is 27.5 Å². The Labute approximate surface area is 174 Å². The van der Waals surface area contributed by atoms with E-state index in [1.165, 1.54) is 0 Å². The lowest BCUT2D eigenvalue weighted by molar-refractivity contribution is 0.0925. The van der Waals surface area contributed by atoms with Crippen molar-refractivity contribution >= 4 is 50.7 Å². The molecule has 0 bridgehead atoms. The molecule has 2 N–H and O–H groups in total. The van der Waals surface area contributed by atoms with E-state index in [4.69, 9.17) is 16.0 Å². The predicted octanol–water partition coefficient (Wildman–Crippen LogP) is 5.10. The zero-order valence-corrected chi connectivity index (χ0v) is 17.0. The minimum absolute atomic E-state index is 0.156. The van der Waals surface area contributed by atoms with Gasteiger partial charge in [-0.25, -0.2) is 5.43 Å². The fourth-order valence-electron chi connectivity index (χ4n) is 2.29. The van der Waals surface area contributed by atoms with Crippen molar-refractivity contribution in [2.75, 3.05) is 5.32 Å². The number of rotatable bonds is 5. The summed E-state index contributed by atoms with van der Waals surface area (Å²) in [7, 11) is 0. The fourth-order valence-corrected chi connectivity index (χ4v) is 2.72. The number of nitrogens with one attached hydrogen (secondary N) is 2. The molecule has 0 saturated carbocycles. The predicted molar refractivity (Wildman–Crippen MR) is 112 cm³/mol. The van der Waals surface area contributed by atoms with E-state index < -0.39 is 5.91 Å². The maximum absolute atomic E-state index is 12.2. The number of anilines is 1. The summed E-state index contributed by atoms with van der Waals surface area (Å²) >= 11 is 8.97. The number of hydrogen-bond donors (Lipinski definition) is 2. The van der Waals surface area contributed by atoms with Crippen LogP contribution in [0.5, 0.6) is 0 Å². The third-order valence-electron chi connectivity index (χ3n) is 3.79. The second-order valence-corrected chi connectivity index (χ2v) is 7.00. The van der Waals surface area contributed by atoms with Crippen LogP contribution < -0.4 is 10.7 Å². The van der Waals surface area contributed by atoms with E-state index in [-0.39, 0.29) is 11.7 Å². The van der Waals surface area contributed by atoms with Crippen molar-refractivity contribution in [1.82, 2.24) is 5.43 Å². The number of hydrazone groups is 1. The lowest BCUT2D eigenvalue weighted by Gasteiger charge is -2.07. The summed E-state index contributed by atoms with van der Waals surface area (Å²) < 4.78 is 5.63. The number of hydrogen-bond acceptors (Lipinski definition) is 4. The highest BCUT2D eigenvalue weighted by atomic mass is 79.9. The largest absolute Gasteiger partial charge is 0.444 e. The SMILES string of the molecule is C/C(=N/NC(=O)c1ccc(Br)o1)c1ccc(NC(=O)c2ccc(Cl)cc2)cc1. The van der Waals surface area contributed by atoms with Crippen LogP contribution in [0.15, 0.2) is 74.9 Å². The first-order valence-corrected chi connectivity index (χ1v) is 9.37. The molecule has 0 spiro atoms. The van der Waals surface area contributed by atoms with Gasteiger partial charge in [-0.15, -0.1) is 0 Å². The number of nitrogens with zero attached hydrogens (tertiary/aromatic N) is 1. The van der Waals surface area contributed by atoms with Crippen LogP contribution in [0.2, 0.25) is 5.02 Å². The molecular weight excluding hydrogens is 446 g/mol. The lowest BCUT2D eigenvalue weighted by atomic mass is 10.1. The fraction of sp³-hybridized carbons (Fsp3) is 0.0500. The highest BCUT2D eigenvalue weighted by Crippen LogP contribution is 2.15. The van der Waals surface area contributed by atoms with E-state index in [1.54, 1.807) is 67.6 Å². The van der Waals surface area contributed by atoms with E-state index in [1.807, 2.05) is 0 Å². The second-order valence-electron chi connectivity index (χ2n) is 5.78. The number of halogens is 2. The summed E-state index contributed by atoms with van der Waals surface area (Å²) in [6.45, 7) is 1.76. The summed E-state index contributed by atoms with van der Waals surface area (Å²) in [5.41, 5.74) is 4.99. The Morgan fingerprint density at radius 3 is 2.18 bits per heavy atom. The van der Waals surface area contributed by atoms with Crippen molar-refractivity contribution in [2.45, 2.75) is 6.92 Å². The molecule has 8 heteroatoms. The molecule has 0 aliphatic carbocycles. The summed E-state index contributed by atoms with van der Waals surface area (Å²) in [5, 5.41) is 7.45. The van der Waals surface area contributed by atoms with Crippen molar-refractivity contribution < 1.29 is 14.0 Å². The molecule has 28 heavy (non-hydrogen) atoms. The molecule has 3 aromatic rings. The molecule has 3 rings (SSSR count). The molecule has 2 aromatic carbocycles. The Balaban J connectivity index is 1.62. The van der Waals surface area contributed by atoms with Gasteiger partial charge in [0, 0.05) is 16.3 Å². The molecule has 0 radical (unpaired) electrons. The van der Waals surface area contributed by atoms with Crippen LogP contribution in [0.25, 0.3) is 0 Å². The number of carbonyl (C=O) groups is 2. The monoisotopic (exact) mass is 459 g/mol. The Morgan fingerprint density at radius 2 is 1.57 bits per heavy atom. The maximum atomic E-state index is 12.2. The summed E-state index contributed by atoms with van der Waals surface area (Å²) in [4.78, 5) is 24.2. The molecule has 0 aliphatic heterocycles. The normalized spacial score (nSPS) is 11.2. The van der Waals surface area contributed by atoms with Crippen LogP contribution in [0.3, 0.4) is 0 Å². The van der Waals surface area contributed by atoms with E-state index >= 15 is 0 Å². The molecule has 142 valence electrons. The van der Waals surface area contributed by atoms with Crippen molar-refractivity contribution in [3.63, 3.8) is 0 Å². The first-order chi connectivity index (χ1) is 13.4. The molecule has 0 atom stereocenters. The van der Waals surface area contributed by atoms with Crippen LogP contribution in [-0.4, -0.2) is 17.5 Å². The molecular formula is C20H15BrClN3O3. The van der Waals surface area contributed by atoms with Crippen LogP contribution in [0.1, 0.15) is 33.4 Å². The molecule has 0 saturated heterocycles. The Bertz CT molecular complexity index is 1030. The van der Waals surface area contributed by atoms with Gasteiger partial charge in [0.1, 0.15) is 0 Å². The second kappa shape index (κ2) is 8.86. The number of furan rings is 1. The zero-order chi connectivity index (χ0) is 20.1. The lowest BCUT2D eigenvalue weighted by Crippen LogP contribution is -2.18. The van der Waals surface area contributed by atoms with Gasteiger partial charge in [-0.05, 0) is 76.9 Å². The Kier molecular flexibility index (Phi) is 6.28. The highest BCUT2D eigenvalue weighted by Gasteiger charge is 2.10. The number of carbonyl (C=O) groups excluding carboxylic acids is 2. The molecule has 2 amide bonds. The van der Waals surface area contributed by atoms with Crippen LogP contribution in [0, 0.1) is 0 Å². The van der Waals surface area contributed by atoms with E-state index in [2.05, 4.69) is 31.8 Å². The quantitative estimate of drug-likeness (QED) is 0.410. The first kappa shape index (κ1) is 19.9. The number of amides is 2. The smallest absolute Gasteiger partial charge is 0.307 e.